The Balaban J connectivity index is 2.51. The smallest absolute Gasteiger partial charge is 0.310 e. The highest BCUT2D eigenvalue weighted by Crippen LogP contribution is 2.64. The minimum atomic E-state index is -0.786. The molecule has 0 saturated heterocycles. The van der Waals surface area contributed by atoms with Gasteiger partial charge in [-0.25, -0.2) is 0 Å². The van der Waals surface area contributed by atoms with Crippen LogP contribution in [0.2, 0.25) is 0 Å². The van der Waals surface area contributed by atoms with Gasteiger partial charge in [0.25, 0.3) is 0 Å². The van der Waals surface area contributed by atoms with Crippen molar-refractivity contribution in [3.63, 3.8) is 0 Å². The number of carboxylic acid groups (broad SMARTS) is 1. The summed E-state index contributed by atoms with van der Waals surface area (Å²) in [5.74, 6) is -0.645. The van der Waals surface area contributed by atoms with Crippen LogP contribution in [0.25, 0.3) is 0 Å². The summed E-state index contributed by atoms with van der Waals surface area (Å²) in [6, 6.07) is 0. The van der Waals surface area contributed by atoms with Gasteiger partial charge in [-0.2, -0.15) is 0 Å². The van der Waals surface area contributed by atoms with Crippen LogP contribution in [0, 0.1) is 16.7 Å². The molecular formula is C10H14O3. The molecule has 0 aromatic carbocycles. The molecule has 2 bridgehead atoms. The molecule has 1 N–H and O–H groups in total. The van der Waals surface area contributed by atoms with Crippen LogP contribution in [0.3, 0.4) is 0 Å². The highest BCUT2D eigenvalue weighted by molar-refractivity contribution is 5.94. The van der Waals surface area contributed by atoms with Crippen molar-refractivity contribution in [2.24, 2.45) is 16.7 Å². The summed E-state index contributed by atoms with van der Waals surface area (Å²) < 4.78 is 0. The fourth-order valence-electron chi connectivity index (χ4n) is 3.17. The maximum Gasteiger partial charge on any atom is 0.310 e. The second-order valence-electron chi connectivity index (χ2n) is 4.84. The standard InChI is InChI=1S/C10H14O3/c1-9(2)6-3-4-10(9,8(12)13)5-7(6)11/h6H,3-5H2,1-2H3,(H,12,13). The average Bonchev–Trinajstić information content (AvgIpc) is 2.35. The summed E-state index contributed by atoms with van der Waals surface area (Å²) in [6.45, 7) is 3.84. The Morgan fingerprint density at radius 1 is 1.54 bits per heavy atom. The normalized spacial score (nSPS) is 41.1. The number of hydrogen-bond acceptors (Lipinski definition) is 2. The van der Waals surface area contributed by atoms with Gasteiger partial charge in [0, 0.05) is 12.3 Å². The second-order valence-corrected chi connectivity index (χ2v) is 4.84. The fraction of sp³-hybridized carbons (Fsp3) is 0.800. The van der Waals surface area contributed by atoms with E-state index in [0.717, 1.165) is 6.42 Å². The molecule has 0 amide bonds. The first-order valence-electron chi connectivity index (χ1n) is 4.68. The van der Waals surface area contributed by atoms with Crippen molar-refractivity contribution in [3.05, 3.63) is 0 Å². The molecule has 2 fully saturated rings. The fourth-order valence-corrected chi connectivity index (χ4v) is 3.17. The lowest BCUT2D eigenvalue weighted by molar-refractivity contribution is -0.154. The van der Waals surface area contributed by atoms with Gasteiger partial charge in [0.15, 0.2) is 0 Å². The first-order chi connectivity index (χ1) is 5.92. The van der Waals surface area contributed by atoms with E-state index >= 15 is 0 Å². The molecule has 13 heavy (non-hydrogen) atoms. The van der Waals surface area contributed by atoms with E-state index in [9.17, 15) is 14.7 Å². The number of aliphatic carboxylic acids is 1. The lowest BCUT2D eigenvalue weighted by Gasteiger charge is -2.32. The summed E-state index contributed by atoms with van der Waals surface area (Å²) >= 11 is 0. The summed E-state index contributed by atoms with van der Waals surface area (Å²) in [7, 11) is 0. The van der Waals surface area contributed by atoms with Crippen molar-refractivity contribution >= 4 is 11.8 Å². The van der Waals surface area contributed by atoms with Gasteiger partial charge >= 0.3 is 5.97 Å². The van der Waals surface area contributed by atoms with Gasteiger partial charge in [0.2, 0.25) is 0 Å². The Bertz CT molecular complexity index is 293. The molecule has 2 aliphatic rings. The van der Waals surface area contributed by atoms with Gasteiger partial charge in [-0.15, -0.1) is 0 Å². The van der Waals surface area contributed by atoms with Crippen LogP contribution in [0.4, 0.5) is 0 Å². The average molecular weight is 182 g/mol. The molecule has 2 unspecified atom stereocenters. The molecule has 3 heteroatoms. The van der Waals surface area contributed by atoms with Crippen molar-refractivity contribution in [1.29, 1.82) is 0 Å². The van der Waals surface area contributed by atoms with Crippen molar-refractivity contribution in [2.75, 3.05) is 0 Å². The number of hydrogen-bond donors (Lipinski definition) is 1. The zero-order valence-electron chi connectivity index (χ0n) is 7.96. The van der Waals surface area contributed by atoms with Gasteiger partial charge in [-0.3, -0.25) is 9.59 Å². The van der Waals surface area contributed by atoms with Crippen LogP contribution in [0.5, 0.6) is 0 Å². The lowest BCUT2D eigenvalue weighted by atomic mass is 9.69. The van der Waals surface area contributed by atoms with Crippen molar-refractivity contribution < 1.29 is 14.7 Å². The van der Waals surface area contributed by atoms with E-state index in [4.69, 9.17) is 0 Å². The van der Waals surface area contributed by atoms with E-state index in [1.54, 1.807) is 0 Å². The molecule has 0 heterocycles. The largest absolute Gasteiger partial charge is 0.481 e. The lowest BCUT2D eigenvalue weighted by Crippen LogP contribution is -2.37. The minimum Gasteiger partial charge on any atom is -0.481 e. The molecule has 2 aliphatic carbocycles. The third kappa shape index (κ3) is 0.754. The molecule has 0 aliphatic heterocycles. The van der Waals surface area contributed by atoms with Crippen molar-refractivity contribution in [2.45, 2.75) is 33.1 Å². The maximum absolute atomic E-state index is 11.5. The highest BCUT2D eigenvalue weighted by Gasteiger charge is 2.67. The molecule has 2 atom stereocenters. The molecule has 2 rings (SSSR count). The van der Waals surface area contributed by atoms with Gasteiger partial charge < -0.3 is 5.11 Å². The monoisotopic (exact) mass is 182 g/mol. The van der Waals surface area contributed by atoms with Crippen LogP contribution >= 0.6 is 0 Å². The zero-order chi connectivity index (χ0) is 9.85. The van der Waals surface area contributed by atoms with Crippen molar-refractivity contribution in [3.8, 4) is 0 Å². The first kappa shape index (κ1) is 8.73. The number of ketones is 1. The maximum atomic E-state index is 11.5. The Labute approximate surface area is 77.1 Å². The predicted octanol–water partition coefficient (Wildman–Crippen LogP) is 1.47. The third-order valence-electron chi connectivity index (χ3n) is 4.24. The van der Waals surface area contributed by atoms with E-state index < -0.39 is 11.4 Å². The van der Waals surface area contributed by atoms with Gasteiger partial charge in [-0.05, 0) is 18.3 Å². The zero-order valence-corrected chi connectivity index (χ0v) is 7.96. The Kier molecular flexibility index (Phi) is 1.44. The quantitative estimate of drug-likeness (QED) is 0.668. The van der Waals surface area contributed by atoms with E-state index in [1.165, 1.54) is 0 Å². The topological polar surface area (TPSA) is 54.4 Å². The SMILES string of the molecule is CC1(C)C2CCC1(C(=O)O)CC2=O. The van der Waals surface area contributed by atoms with E-state index in [1.807, 2.05) is 13.8 Å². The molecule has 0 radical (unpaired) electrons. The Morgan fingerprint density at radius 3 is 2.38 bits per heavy atom. The predicted molar refractivity (Wildman–Crippen MR) is 46.2 cm³/mol. The molecule has 2 saturated carbocycles. The minimum absolute atomic E-state index is 0.0106. The number of Topliss-reactive ketones (excluding diaryl/α,β-unsaturated/α-hetero) is 1. The number of rotatable bonds is 1. The summed E-state index contributed by atoms with van der Waals surface area (Å²) in [4.78, 5) is 22.7. The van der Waals surface area contributed by atoms with Crippen LogP contribution in [0.15, 0.2) is 0 Å². The van der Waals surface area contributed by atoms with Crippen LogP contribution in [-0.2, 0) is 9.59 Å². The van der Waals surface area contributed by atoms with E-state index in [0.29, 0.717) is 6.42 Å². The van der Waals surface area contributed by atoms with E-state index in [2.05, 4.69) is 0 Å². The molecular weight excluding hydrogens is 168 g/mol. The van der Waals surface area contributed by atoms with Crippen LogP contribution in [-0.4, -0.2) is 16.9 Å². The third-order valence-corrected chi connectivity index (χ3v) is 4.24. The highest BCUT2D eigenvalue weighted by atomic mass is 16.4. The van der Waals surface area contributed by atoms with Crippen LogP contribution in [0.1, 0.15) is 33.1 Å². The summed E-state index contributed by atoms with van der Waals surface area (Å²) in [5.41, 5.74) is -1.09. The molecule has 3 nitrogen and oxygen atoms in total. The molecule has 0 spiro atoms. The van der Waals surface area contributed by atoms with Gasteiger partial charge in [0.05, 0.1) is 5.41 Å². The van der Waals surface area contributed by atoms with Crippen LogP contribution < -0.4 is 0 Å². The van der Waals surface area contributed by atoms with Gasteiger partial charge in [-0.1, -0.05) is 13.8 Å². The summed E-state index contributed by atoms with van der Waals surface area (Å²) in [6.07, 6.45) is 1.68. The molecule has 72 valence electrons. The molecule has 0 aromatic heterocycles. The number of carbonyl (C=O) groups excluding carboxylic acids is 1. The van der Waals surface area contributed by atoms with E-state index in [-0.39, 0.29) is 23.5 Å². The van der Waals surface area contributed by atoms with Crippen molar-refractivity contribution in [1.82, 2.24) is 0 Å². The first-order valence-corrected chi connectivity index (χ1v) is 4.68. The molecule has 0 aromatic rings. The number of carbonyl (C=O) groups is 2. The summed E-state index contributed by atoms with van der Waals surface area (Å²) in [5, 5.41) is 9.19. The Morgan fingerprint density at radius 2 is 2.15 bits per heavy atom. The van der Waals surface area contributed by atoms with Gasteiger partial charge in [0.1, 0.15) is 5.78 Å². The number of carboxylic acids is 1. The second kappa shape index (κ2) is 2.14. The Hall–Kier alpha value is -0.860. The number of fused-ring (bicyclic) bond motifs is 2.